The van der Waals surface area contributed by atoms with Crippen molar-refractivity contribution in [2.24, 2.45) is 0 Å². The van der Waals surface area contributed by atoms with Crippen molar-refractivity contribution in [1.82, 2.24) is 4.90 Å². The third-order valence-corrected chi connectivity index (χ3v) is 6.13. The molecule has 1 amide bonds. The van der Waals surface area contributed by atoms with E-state index in [1.165, 1.54) is 4.90 Å². The standard InChI is InChI=1S/C22H23NO6/c1-10-13(4)28-19-12(3)20-15(8-14(10)19)11(2)16(22(27)29-20)9-18(24)23-7-5-6-17(23)21(25)26/h8,17H,5-7,9H2,1-4H3,(H,25,26). The van der Waals surface area contributed by atoms with Crippen LogP contribution in [0.4, 0.5) is 0 Å². The second-order valence-electron chi connectivity index (χ2n) is 7.79. The number of likely N-dealkylation sites (tertiary alicyclic amines) is 1. The number of rotatable bonds is 3. The fraction of sp³-hybridized carbons (Fsp3) is 0.409. The summed E-state index contributed by atoms with van der Waals surface area (Å²) in [5.74, 6) is -0.567. The fourth-order valence-corrected chi connectivity index (χ4v) is 4.27. The number of carboxylic acid groups (broad SMARTS) is 1. The number of nitrogens with zero attached hydrogens (tertiary/aromatic N) is 1. The molecule has 29 heavy (non-hydrogen) atoms. The lowest BCUT2D eigenvalue weighted by Crippen LogP contribution is -2.41. The fourth-order valence-electron chi connectivity index (χ4n) is 4.27. The maximum Gasteiger partial charge on any atom is 0.340 e. The molecule has 1 N–H and O–H groups in total. The average Bonchev–Trinajstić information content (AvgIpc) is 3.27. The van der Waals surface area contributed by atoms with Crippen LogP contribution in [0.15, 0.2) is 19.7 Å². The predicted molar refractivity (Wildman–Crippen MR) is 107 cm³/mol. The zero-order valence-corrected chi connectivity index (χ0v) is 16.9. The number of fused-ring (bicyclic) bond motifs is 2. The second-order valence-corrected chi connectivity index (χ2v) is 7.79. The van der Waals surface area contributed by atoms with Gasteiger partial charge in [0.15, 0.2) is 0 Å². The van der Waals surface area contributed by atoms with Gasteiger partial charge in [-0.25, -0.2) is 9.59 Å². The minimum absolute atomic E-state index is 0.172. The third-order valence-electron chi connectivity index (χ3n) is 6.13. The van der Waals surface area contributed by atoms with Gasteiger partial charge in [0.25, 0.3) is 0 Å². The van der Waals surface area contributed by atoms with Crippen LogP contribution in [0.1, 0.15) is 40.9 Å². The number of hydrogen-bond acceptors (Lipinski definition) is 5. The quantitative estimate of drug-likeness (QED) is 0.680. The molecule has 2 aromatic heterocycles. The Balaban J connectivity index is 1.82. The Morgan fingerprint density at radius 3 is 2.41 bits per heavy atom. The number of aryl methyl sites for hydroxylation is 4. The molecular weight excluding hydrogens is 374 g/mol. The van der Waals surface area contributed by atoms with Gasteiger partial charge in [-0.3, -0.25) is 4.79 Å². The molecule has 1 aliphatic heterocycles. The summed E-state index contributed by atoms with van der Waals surface area (Å²) in [6.07, 6.45) is 0.904. The summed E-state index contributed by atoms with van der Waals surface area (Å²) in [7, 11) is 0. The summed E-state index contributed by atoms with van der Waals surface area (Å²) in [5, 5.41) is 11.0. The highest BCUT2D eigenvalue weighted by molar-refractivity contribution is 6.00. The Morgan fingerprint density at radius 1 is 1.07 bits per heavy atom. The highest BCUT2D eigenvalue weighted by Gasteiger charge is 2.34. The van der Waals surface area contributed by atoms with E-state index in [0.717, 1.165) is 27.7 Å². The van der Waals surface area contributed by atoms with Crippen molar-refractivity contribution in [2.75, 3.05) is 6.54 Å². The number of furan rings is 1. The molecule has 0 saturated carbocycles. The van der Waals surface area contributed by atoms with Crippen LogP contribution in [0.2, 0.25) is 0 Å². The molecule has 0 spiro atoms. The number of aliphatic carboxylic acids is 1. The predicted octanol–water partition coefficient (Wildman–Crippen LogP) is 3.39. The van der Waals surface area contributed by atoms with Gasteiger partial charge >= 0.3 is 11.6 Å². The van der Waals surface area contributed by atoms with Crippen LogP contribution in [0.25, 0.3) is 21.9 Å². The van der Waals surface area contributed by atoms with Crippen LogP contribution >= 0.6 is 0 Å². The van der Waals surface area contributed by atoms with Crippen molar-refractivity contribution in [3.05, 3.63) is 44.5 Å². The SMILES string of the molecule is Cc1oc2c(C)c3oc(=O)c(CC(=O)N4CCCC4C(=O)O)c(C)c3cc2c1C. The lowest BCUT2D eigenvalue weighted by atomic mass is 9.98. The molecule has 1 aromatic carbocycles. The number of carbonyl (C=O) groups excluding carboxylic acids is 1. The second kappa shape index (κ2) is 6.76. The van der Waals surface area contributed by atoms with Crippen LogP contribution in [0.3, 0.4) is 0 Å². The summed E-state index contributed by atoms with van der Waals surface area (Å²) in [4.78, 5) is 38.2. The average molecular weight is 397 g/mol. The Hall–Kier alpha value is -3.09. The minimum atomic E-state index is -1.01. The van der Waals surface area contributed by atoms with Gasteiger partial charge in [-0.05, 0) is 57.7 Å². The summed E-state index contributed by atoms with van der Waals surface area (Å²) in [6, 6.07) is 1.11. The van der Waals surface area contributed by atoms with Gasteiger partial charge in [-0.2, -0.15) is 0 Å². The maximum atomic E-state index is 12.8. The van der Waals surface area contributed by atoms with Gasteiger partial charge < -0.3 is 18.8 Å². The topological polar surface area (TPSA) is 101 Å². The normalized spacial score (nSPS) is 16.8. The monoisotopic (exact) mass is 397 g/mol. The van der Waals surface area contributed by atoms with Crippen LogP contribution < -0.4 is 5.63 Å². The van der Waals surface area contributed by atoms with Crippen LogP contribution in [0, 0.1) is 27.7 Å². The van der Waals surface area contributed by atoms with Crippen molar-refractivity contribution >= 4 is 33.8 Å². The number of benzene rings is 1. The highest BCUT2D eigenvalue weighted by atomic mass is 16.4. The molecule has 3 aromatic rings. The molecule has 1 saturated heterocycles. The summed E-state index contributed by atoms with van der Waals surface area (Å²) in [6.45, 7) is 7.91. The molecular formula is C22H23NO6. The molecule has 4 rings (SSSR count). The summed E-state index contributed by atoms with van der Waals surface area (Å²) in [5.41, 5.74) is 3.30. The van der Waals surface area contributed by atoms with Gasteiger partial charge in [0, 0.05) is 22.9 Å². The largest absolute Gasteiger partial charge is 0.480 e. The van der Waals surface area contributed by atoms with E-state index in [0.29, 0.717) is 36.1 Å². The van der Waals surface area contributed by atoms with Gasteiger partial charge in [-0.1, -0.05) is 0 Å². The van der Waals surface area contributed by atoms with E-state index in [1.807, 2.05) is 26.8 Å². The van der Waals surface area contributed by atoms with E-state index in [4.69, 9.17) is 8.83 Å². The molecule has 3 heterocycles. The van der Waals surface area contributed by atoms with Crippen LogP contribution in [0.5, 0.6) is 0 Å². The van der Waals surface area contributed by atoms with E-state index in [2.05, 4.69) is 0 Å². The summed E-state index contributed by atoms with van der Waals surface area (Å²) < 4.78 is 11.4. The Kier molecular flexibility index (Phi) is 4.48. The lowest BCUT2D eigenvalue weighted by molar-refractivity contribution is -0.148. The number of carboxylic acids is 1. The molecule has 0 aliphatic carbocycles. The Labute approximate surface area is 166 Å². The van der Waals surface area contributed by atoms with Crippen molar-refractivity contribution in [2.45, 2.75) is 53.0 Å². The van der Waals surface area contributed by atoms with Gasteiger partial charge in [0.05, 0.1) is 12.0 Å². The molecule has 1 atom stereocenters. The number of amides is 1. The van der Waals surface area contributed by atoms with Crippen molar-refractivity contribution in [1.29, 1.82) is 0 Å². The van der Waals surface area contributed by atoms with Crippen LogP contribution in [-0.4, -0.2) is 34.5 Å². The first-order valence-electron chi connectivity index (χ1n) is 9.68. The van der Waals surface area contributed by atoms with Crippen LogP contribution in [-0.2, 0) is 16.0 Å². The first kappa shape index (κ1) is 19.2. The van der Waals surface area contributed by atoms with E-state index in [-0.39, 0.29) is 17.9 Å². The summed E-state index contributed by atoms with van der Waals surface area (Å²) >= 11 is 0. The van der Waals surface area contributed by atoms with E-state index >= 15 is 0 Å². The smallest absolute Gasteiger partial charge is 0.340 e. The molecule has 152 valence electrons. The maximum absolute atomic E-state index is 12.8. The molecule has 7 nitrogen and oxygen atoms in total. The zero-order chi connectivity index (χ0) is 21.0. The Morgan fingerprint density at radius 2 is 1.72 bits per heavy atom. The molecule has 1 unspecified atom stereocenters. The molecule has 1 fully saturated rings. The lowest BCUT2D eigenvalue weighted by Gasteiger charge is -2.21. The minimum Gasteiger partial charge on any atom is -0.480 e. The highest BCUT2D eigenvalue weighted by Crippen LogP contribution is 2.34. The van der Waals surface area contributed by atoms with E-state index in [1.54, 1.807) is 6.92 Å². The molecule has 1 aliphatic rings. The number of hydrogen-bond donors (Lipinski definition) is 1. The van der Waals surface area contributed by atoms with Crippen molar-refractivity contribution in [3.63, 3.8) is 0 Å². The van der Waals surface area contributed by atoms with Crippen molar-refractivity contribution < 1.29 is 23.5 Å². The first-order chi connectivity index (χ1) is 13.7. The van der Waals surface area contributed by atoms with Gasteiger partial charge in [0.1, 0.15) is 23.0 Å². The van der Waals surface area contributed by atoms with E-state index in [9.17, 15) is 19.5 Å². The van der Waals surface area contributed by atoms with Gasteiger partial charge in [-0.15, -0.1) is 0 Å². The third kappa shape index (κ3) is 2.92. The zero-order valence-electron chi connectivity index (χ0n) is 16.9. The molecule has 7 heteroatoms. The Bertz CT molecular complexity index is 1230. The molecule has 0 bridgehead atoms. The van der Waals surface area contributed by atoms with Gasteiger partial charge in [0.2, 0.25) is 5.91 Å². The molecule has 0 radical (unpaired) electrons. The number of carbonyl (C=O) groups is 2. The first-order valence-corrected chi connectivity index (χ1v) is 9.68. The van der Waals surface area contributed by atoms with E-state index < -0.39 is 17.6 Å². The van der Waals surface area contributed by atoms with Crippen molar-refractivity contribution in [3.8, 4) is 0 Å².